The summed E-state index contributed by atoms with van der Waals surface area (Å²) in [6, 6.07) is 3.59. The van der Waals surface area contributed by atoms with Crippen molar-refractivity contribution < 1.29 is 13.9 Å². The van der Waals surface area contributed by atoms with Crippen molar-refractivity contribution in [2.24, 2.45) is 7.05 Å². The van der Waals surface area contributed by atoms with E-state index >= 15 is 0 Å². The Kier molecular flexibility index (Phi) is 4.02. The van der Waals surface area contributed by atoms with Gasteiger partial charge in [0.05, 0.1) is 23.9 Å². The van der Waals surface area contributed by atoms with Gasteiger partial charge >= 0.3 is 0 Å². The van der Waals surface area contributed by atoms with Crippen LogP contribution in [0.1, 0.15) is 52.9 Å². The minimum atomic E-state index is -0.186. The maximum absolute atomic E-state index is 12.6. The molecular weight excluding hydrogens is 282 g/mol. The molecule has 0 radical (unpaired) electrons. The van der Waals surface area contributed by atoms with Crippen LogP contribution >= 0.6 is 0 Å². The first-order valence-electron chi connectivity index (χ1n) is 7.53. The average Bonchev–Trinajstić information content (AvgIpc) is 3.17. The summed E-state index contributed by atoms with van der Waals surface area (Å²) in [5.74, 6) is 1.65. The normalized spacial score (nSPS) is 19.3. The lowest BCUT2D eigenvalue weighted by atomic mass is 10.0. The second-order valence-corrected chi connectivity index (χ2v) is 5.81. The van der Waals surface area contributed by atoms with Crippen LogP contribution in [0.2, 0.25) is 0 Å². The molecule has 1 saturated heterocycles. The molecule has 6 nitrogen and oxygen atoms in total. The standard InChI is InChI=1S/C16H21N3O3/c1-10-4-5-14(22-10)11(2)17-16(20)13-8-19(3)18-15(13)12-6-7-21-9-12/h4-5,8,11-12H,6-7,9H2,1-3H3,(H,17,20)/t11-,12+/m0/s1. The highest BCUT2D eigenvalue weighted by Crippen LogP contribution is 2.27. The van der Waals surface area contributed by atoms with Crippen molar-refractivity contribution in [2.75, 3.05) is 13.2 Å². The Morgan fingerprint density at radius 1 is 1.50 bits per heavy atom. The monoisotopic (exact) mass is 303 g/mol. The molecule has 3 heterocycles. The van der Waals surface area contributed by atoms with Crippen molar-refractivity contribution in [3.63, 3.8) is 0 Å². The van der Waals surface area contributed by atoms with E-state index in [2.05, 4.69) is 10.4 Å². The van der Waals surface area contributed by atoms with Crippen molar-refractivity contribution in [1.29, 1.82) is 0 Å². The maximum Gasteiger partial charge on any atom is 0.255 e. The fourth-order valence-electron chi connectivity index (χ4n) is 2.76. The number of hydrogen-bond acceptors (Lipinski definition) is 4. The van der Waals surface area contributed by atoms with Crippen LogP contribution in [0.5, 0.6) is 0 Å². The zero-order valence-corrected chi connectivity index (χ0v) is 13.1. The number of carbonyl (C=O) groups is 1. The van der Waals surface area contributed by atoms with Crippen molar-refractivity contribution in [1.82, 2.24) is 15.1 Å². The van der Waals surface area contributed by atoms with Gasteiger partial charge in [-0.2, -0.15) is 5.10 Å². The van der Waals surface area contributed by atoms with E-state index in [0.29, 0.717) is 12.2 Å². The summed E-state index contributed by atoms with van der Waals surface area (Å²) >= 11 is 0. The molecule has 1 aliphatic rings. The molecular formula is C16H21N3O3. The predicted molar refractivity (Wildman–Crippen MR) is 80.7 cm³/mol. The Hall–Kier alpha value is -2.08. The molecule has 2 atom stereocenters. The average molecular weight is 303 g/mol. The second kappa shape index (κ2) is 5.96. The highest BCUT2D eigenvalue weighted by atomic mass is 16.5. The number of furan rings is 1. The fraction of sp³-hybridized carbons (Fsp3) is 0.500. The van der Waals surface area contributed by atoms with Gasteiger partial charge in [-0.05, 0) is 32.4 Å². The molecule has 1 fully saturated rings. The summed E-state index contributed by atoms with van der Waals surface area (Å²) < 4.78 is 12.7. The number of carbonyl (C=O) groups excluding carboxylic acids is 1. The number of amides is 1. The topological polar surface area (TPSA) is 69.3 Å². The van der Waals surface area contributed by atoms with Crippen LogP contribution in [0, 0.1) is 6.92 Å². The summed E-state index contributed by atoms with van der Waals surface area (Å²) in [6.07, 6.45) is 2.67. The Morgan fingerprint density at radius 2 is 2.32 bits per heavy atom. The molecule has 0 spiro atoms. The van der Waals surface area contributed by atoms with E-state index in [1.54, 1.807) is 10.9 Å². The summed E-state index contributed by atoms with van der Waals surface area (Å²) in [6.45, 7) is 5.15. The lowest BCUT2D eigenvalue weighted by molar-refractivity contribution is 0.0933. The van der Waals surface area contributed by atoms with Crippen LogP contribution in [-0.2, 0) is 11.8 Å². The molecule has 0 saturated carbocycles. The van der Waals surface area contributed by atoms with Gasteiger partial charge in [-0.25, -0.2) is 0 Å². The molecule has 0 bridgehead atoms. The van der Waals surface area contributed by atoms with E-state index in [9.17, 15) is 4.79 Å². The highest BCUT2D eigenvalue weighted by molar-refractivity contribution is 5.95. The van der Waals surface area contributed by atoms with Gasteiger partial charge in [0, 0.05) is 25.8 Å². The predicted octanol–water partition coefficient (Wildman–Crippen LogP) is 2.32. The zero-order chi connectivity index (χ0) is 15.7. The molecule has 1 aliphatic heterocycles. The second-order valence-electron chi connectivity index (χ2n) is 5.81. The summed E-state index contributed by atoms with van der Waals surface area (Å²) in [7, 11) is 1.83. The molecule has 0 unspecified atom stereocenters. The SMILES string of the molecule is Cc1ccc([C@H](C)NC(=O)c2cn(C)nc2[C@@H]2CCOC2)o1. The van der Waals surface area contributed by atoms with Crippen molar-refractivity contribution >= 4 is 5.91 Å². The minimum Gasteiger partial charge on any atom is -0.464 e. The van der Waals surface area contributed by atoms with Crippen LogP contribution in [0.3, 0.4) is 0 Å². The van der Waals surface area contributed by atoms with Crippen LogP contribution in [0.4, 0.5) is 0 Å². The van der Waals surface area contributed by atoms with Crippen molar-refractivity contribution in [2.45, 2.75) is 32.2 Å². The number of hydrogen-bond donors (Lipinski definition) is 1. The Labute approximate surface area is 129 Å². The Bertz CT molecular complexity index is 668. The van der Waals surface area contributed by atoms with Gasteiger partial charge in [-0.15, -0.1) is 0 Å². The summed E-state index contributed by atoms with van der Waals surface area (Å²) in [5, 5.41) is 7.43. The van der Waals surface area contributed by atoms with Gasteiger partial charge in [0.1, 0.15) is 11.5 Å². The largest absolute Gasteiger partial charge is 0.464 e. The van der Waals surface area contributed by atoms with Gasteiger partial charge in [0.25, 0.3) is 5.91 Å². The van der Waals surface area contributed by atoms with Gasteiger partial charge < -0.3 is 14.5 Å². The fourth-order valence-corrected chi connectivity index (χ4v) is 2.76. The molecule has 22 heavy (non-hydrogen) atoms. The first kappa shape index (κ1) is 14.8. The van der Waals surface area contributed by atoms with Crippen LogP contribution in [-0.4, -0.2) is 28.9 Å². The van der Waals surface area contributed by atoms with E-state index in [4.69, 9.17) is 9.15 Å². The smallest absolute Gasteiger partial charge is 0.255 e. The van der Waals surface area contributed by atoms with E-state index in [0.717, 1.165) is 30.2 Å². The number of ether oxygens (including phenoxy) is 1. The van der Waals surface area contributed by atoms with Gasteiger partial charge in [-0.1, -0.05) is 0 Å². The minimum absolute atomic E-state index is 0.128. The summed E-state index contributed by atoms with van der Waals surface area (Å²) in [4.78, 5) is 12.6. The zero-order valence-electron chi connectivity index (χ0n) is 13.1. The number of nitrogens with one attached hydrogen (secondary N) is 1. The molecule has 3 rings (SSSR count). The van der Waals surface area contributed by atoms with E-state index in [1.807, 2.05) is 33.0 Å². The third-order valence-corrected chi connectivity index (χ3v) is 3.95. The third kappa shape index (κ3) is 2.92. The molecule has 118 valence electrons. The third-order valence-electron chi connectivity index (χ3n) is 3.95. The van der Waals surface area contributed by atoms with Gasteiger partial charge in [0.2, 0.25) is 0 Å². The quantitative estimate of drug-likeness (QED) is 0.941. The van der Waals surface area contributed by atoms with Crippen molar-refractivity contribution in [3.8, 4) is 0 Å². The lowest BCUT2D eigenvalue weighted by Crippen LogP contribution is -2.27. The first-order valence-corrected chi connectivity index (χ1v) is 7.53. The number of aryl methyl sites for hydroxylation is 2. The highest BCUT2D eigenvalue weighted by Gasteiger charge is 2.27. The van der Waals surface area contributed by atoms with Crippen LogP contribution < -0.4 is 5.32 Å². The van der Waals surface area contributed by atoms with Crippen LogP contribution in [0.15, 0.2) is 22.7 Å². The molecule has 0 aliphatic carbocycles. The van der Waals surface area contributed by atoms with E-state index in [1.165, 1.54) is 0 Å². The van der Waals surface area contributed by atoms with Crippen molar-refractivity contribution in [3.05, 3.63) is 41.1 Å². The molecule has 1 amide bonds. The maximum atomic E-state index is 12.6. The molecule has 2 aromatic rings. The summed E-state index contributed by atoms with van der Waals surface area (Å²) in [5.41, 5.74) is 1.44. The first-order chi connectivity index (χ1) is 10.5. The Morgan fingerprint density at radius 3 is 2.95 bits per heavy atom. The molecule has 0 aromatic carbocycles. The number of rotatable bonds is 4. The van der Waals surface area contributed by atoms with Crippen LogP contribution in [0.25, 0.3) is 0 Å². The number of nitrogens with zero attached hydrogens (tertiary/aromatic N) is 2. The molecule has 1 N–H and O–H groups in total. The molecule has 2 aromatic heterocycles. The molecule has 6 heteroatoms. The van der Waals surface area contributed by atoms with Gasteiger partial charge in [-0.3, -0.25) is 9.48 Å². The Balaban J connectivity index is 1.77. The lowest BCUT2D eigenvalue weighted by Gasteiger charge is -2.12. The number of aromatic nitrogens is 2. The van der Waals surface area contributed by atoms with E-state index < -0.39 is 0 Å². The van der Waals surface area contributed by atoms with Gasteiger partial charge in [0.15, 0.2) is 0 Å². The van der Waals surface area contributed by atoms with E-state index in [-0.39, 0.29) is 17.9 Å².